The van der Waals surface area contributed by atoms with E-state index in [1.807, 2.05) is 37.3 Å². The van der Waals surface area contributed by atoms with E-state index in [4.69, 9.17) is 23.2 Å². The van der Waals surface area contributed by atoms with Gasteiger partial charge in [-0.1, -0.05) is 52.6 Å². The van der Waals surface area contributed by atoms with Crippen LogP contribution in [0.25, 0.3) is 0 Å². The largest absolute Gasteiger partial charge is 0.326 e. The van der Waals surface area contributed by atoms with Crippen molar-refractivity contribution in [2.45, 2.75) is 13.0 Å². The van der Waals surface area contributed by atoms with Gasteiger partial charge in [0.2, 0.25) is 5.95 Å². The summed E-state index contributed by atoms with van der Waals surface area (Å²) in [5, 5.41) is 18.5. The van der Waals surface area contributed by atoms with Crippen molar-refractivity contribution in [3.63, 3.8) is 0 Å². The number of para-hydroxylation sites is 1. The second-order valence-electron chi connectivity index (χ2n) is 6.01. The lowest BCUT2D eigenvalue weighted by atomic mass is 9.95. The molecule has 1 amide bonds. The molecule has 0 bridgehead atoms. The van der Waals surface area contributed by atoms with Gasteiger partial charge in [-0.2, -0.15) is 4.68 Å². The molecule has 7 nitrogen and oxygen atoms in total. The maximum absolute atomic E-state index is 13.1. The fourth-order valence-electron chi connectivity index (χ4n) is 3.02. The van der Waals surface area contributed by atoms with Crippen LogP contribution in [-0.2, 0) is 4.79 Å². The van der Waals surface area contributed by atoms with E-state index >= 15 is 0 Å². The Balaban J connectivity index is 1.79. The molecule has 2 heterocycles. The summed E-state index contributed by atoms with van der Waals surface area (Å²) in [4.78, 5) is 13.1. The van der Waals surface area contributed by atoms with Gasteiger partial charge in [-0.3, -0.25) is 4.79 Å². The molecule has 0 radical (unpaired) electrons. The second-order valence-corrected chi connectivity index (χ2v) is 6.82. The molecule has 0 spiro atoms. The molecule has 1 aliphatic heterocycles. The lowest BCUT2D eigenvalue weighted by molar-refractivity contribution is -0.113. The number of fused-ring (bicyclic) bond motifs is 1. The van der Waals surface area contributed by atoms with Gasteiger partial charge in [0.1, 0.15) is 6.04 Å². The van der Waals surface area contributed by atoms with Crippen LogP contribution < -0.4 is 10.6 Å². The van der Waals surface area contributed by atoms with Crippen LogP contribution in [0.15, 0.2) is 59.8 Å². The molecule has 27 heavy (non-hydrogen) atoms. The van der Waals surface area contributed by atoms with Crippen molar-refractivity contribution >= 4 is 40.7 Å². The molecule has 1 aromatic heterocycles. The number of benzene rings is 2. The highest BCUT2D eigenvalue weighted by atomic mass is 35.5. The van der Waals surface area contributed by atoms with Crippen molar-refractivity contribution in [1.29, 1.82) is 0 Å². The predicted molar refractivity (Wildman–Crippen MR) is 104 cm³/mol. The number of rotatable bonds is 3. The lowest BCUT2D eigenvalue weighted by Crippen LogP contribution is -2.31. The first-order valence-electron chi connectivity index (χ1n) is 8.11. The molecule has 2 N–H and O–H groups in total. The average molecular weight is 401 g/mol. The number of carbonyl (C=O) groups excluding carboxylic acids is 1. The zero-order chi connectivity index (χ0) is 19.0. The van der Waals surface area contributed by atoms with E-state index in [2.05, 4.69) is 26.2 Å². The van der Waals surface area contributed by atoms with Gasteiger partial charge in [0.25, 0.3) is 5.91 Å². The van der Waals surface area contributed by atoms with Crippen molar-refractivity contribution < 1.29 is 4.79 Å². The fraction of sp³-hybridized carbons (Fsp3) is 0.111. The summed E-state index contributed by atoms with van der Waals surface area (Å²) < 4.78 is 1.55. The highest BCUT2D eigenvalue weighted by Crippen LogP contribution is 2.37. The fourth-order valence-corrected chi connectivity index (χ4v) is 3.32. The maximum atomic E-state index is 13.1. The van der Waals surface area contributed by atoms with Gasteiger partial charge in [0.15, 0.2) is 0 Å². The minimum Gasteiger partial charge on any atom is -0.326 e. The quantitative estimate of drug-likeness (QED) is 0.695. The van der Waals surface area contributed by atoms with Gasteiger partial charge < -0.3 is 10.6 Å². The number of nitrogens with one attached hydrogen (secondary N) is 2. The topological polar surface area (TPSA) is 84.7 Å². The smallest absolute Gasteiger partial charge is 0.255 e. The van der Waals surface area contributed by atoms with Gasteiger partial charge in [-0.25, -0.2) is 0 Å². The second kappa shape index (κ2) is 7.02. The summed E-state index contributed by atoms with van der Waals surface area (Å²) >= 11 is 12.3. The van der Waals surface area contributed by atoms with E-state index in [9.17, 15) is 4.79 Å². The number of halogens is 2. The summed E-state index contributed by atoms with van der Waals surface area (Å²) in [6, 6.07) is 13.9. The summed E-state index contributed by atoms with van der Waals surface area (Å²) in [6.07, 6.45) is 0. The van der Waals surface area contributed by atoms with Gasteiger partial charge >= 0.3 is 0 Å². The molecule has 0 saturated heterocycles. The third-order valence-electron chi connectivity index (χ3n) is 4.25. The third-order valence-corrected chi connectivity index (χ3v) is 4.99. The van der Waals surface area contributed by atoms with Crippen molar-refractivity contribution in [2.75, 3.05) is 10.6 Å². The van der Waals surface area contributed by atoms with Crippen LogP contribution in [0.3, 0.4) is 0 Å². The van der Waals surface area contributed by atoms with Crippen LogP contribution in [-0.4, -0.2) is 26.1 Å². The van der Waals surface area contributed by atoms with Gasteiger partial charge in [-0.05, 0) is 47.2 Å². The highest BCUT2D eigenvalue weighted by Gasteiger charge is 2.34. The van der Waals surface area contributed by atoms with E-state index < -0.39 is 6.04 Å². The molecular formula is C18H14Cl2N6O. The summed E-state index contributed by atoms with van der Waals surface area (Å²) in [5.41, 5.74) is 2.58. The van der Waals surface area contributed by atoms with Crippen LogP contribution in [0.5, 0.6) is 0 Å². The Bertz CT molecular complexity index is 1050. The third kappa shape index (κ3) is 3.27. The van der Waals surface area contributed by atoms with E-state index in [1.165, 1.54) is 0 Å². The standard InChI is InChI=1S/C18H14Cl2N6O/c1-10-15(17(27)22-12-5-3-2-4-6-12)16(26-18(21-10)23-24-25-26)11-7-8-13(19)14(20)9-11/h2-9,16H,1H3,(H,22,27)(H,21,23,25)/t16-/m1/s1. The van der Waals surface area contributed by atoms with Crippen LogP contribution in [0.2, 0.25) is 10.0 Å². The zero-order valence-corrected chi connectivity index (χ0v) is 15.7. The number of hydrogen-bond donors (Lipinski definition) is 2. The first-order chi connectivity index (χ1) is 13.0. The van der Waals surface area contributed by atoms with Crippen molar-refractivity contribution in [1.82, 2.24) is 20.2 Å². The number of aromatic nitrogens is 4. The Morgan fingerprint density at radius 2 is 1.93 bits per heavy atom. The number of allylic oxidation sites excluding steroid dienone is 1. The number of amides is 1. The van der Waals surface area contributed by atoms with Gasteiger partial charge in [0, 0.05) is 11.4 Å². The summed E-state index contributed by atoms with van der Waals surface area (Å²) in [5.74, 6) is 0.184. The van der Waals surface area contributed by atoms with E-state index in [0.29, 0.717) is 33.0 Å². The number of nitrogens with zero attached hydrogens (tertiary/aromatic N) is 4. The molecular weight excluding hydrogens is 387 g/mol. The monoisotopic (exact) mass is 400 g/mol. The van der Waals surface area contributed by atoms with Crippen LogP contribution in [0.4, 0.5) is 11.6 Å². The Labute approximate surface area is 165 Å². The molecule has 9 heteroatoms. The minimum absolute atomic E-state index is 0.261. The van der Waals surface area contributed by atoms with Crippen LogP contribution >= 0.6 is 23.2 Å². The summed E-state index contributed by atoms with van der Waals surface area (Å²) in [6.45, 7) is 1.81. The van der Waals surface area contributed by atoms with Gasteiger partial charge in [0.05, 0.1) is 15.6 Å². The molecule has 4 rings (SSSR count). The maximum Gasteiger partial charge on any atom is 0.255 e. The number of hydrogen-bond acceptors (Lipinski definition) is 5. The van der Waals surface area contributed by atoms with E-state index in [0.717, 1.165) is 5.56 Å². The first-order valence-corrected chi connectivity index (χ1v) is 8.87. The van der Waals surface area contributed by atoms with Crippen LogP contribution in [0.1, 0.15) is 18.5 Å². The van der Waals surface area contributed by atoms with Crippen LogP contribution in [0, 0.1) is 0 Å². The number of tetrazole rings is 1. The van der Waals surface area contributed by atoms with Gasteiger partial charge in [-0.15, -0.1) is 0 Å². The van der Waals surface area contributed by atoms with Crippen molar-refractivity contribution in [3.05, 3.63) is 75.4 Å². The zero-order valence-electron chi connectivity index (χ0n) is 14.1. The molecule has 1 atom stereocenters. The average Bonchev–Trinajstić information content (AvgIpc) is 3.11. The first kappa shape index (κ1) is 17.5. The number of carbonyl (C=O) groups is 1. The Kier molecular flexibility index (Phi) is 4.55. The summed E-state index contributed by atoms with van der Waals surface area (Å²) in [7, 11) is 0. The van der Waals surface area contributed by atoms with Crippen molar-refractivity contribution in [3.8, 4) is 0 Å². The lowest BCUT2D eigenvalue weighted by Gasteiger charge is -2.28. The normalized spacial score (nSPS) is 15.9. The molecule has 1 aliphatic rings. The molecule has 2 aromatic carbocycles. The highest BCUT2D eigenvalue weighted by molar-refractivity contribution is 6.42. The van der Waals surface area contributed by atoms with Crippen molar-refractivity contribution in [2.24, 2.45) is 0 Å². The molecule has 0 unspecified atom stereocenters. The Morgan fingerprint density at radius 1 is 1.15 bits per heavy atom. The molecule has 0 saturated carbocycles. The predicted octanol–water partition coefficient (Wildman–Crippen LogP) is 3.91. The number of anilines is 2. The molecule has 3 aromatic rings. The SMILES string of the molecule is CC1=C(C(=O)Nc2ccccc2)[C@@H](c2ccc(Cl)c(Cl)c2)n2nnnc2N1. The molecule has 0 aliphatic carbocycles. The molecule has 136 valence electrons. The van der Waals surface area contributed by atoms with E-state index in [-0.39, 0.29) is 5.91 Å². The Hall–Kier alpha value is -2.90. The Morgan fingerprint density at radius 3 is 2.67 bits per heavy atom. The minimum atomic E-state index is -0.547. The van der Waals surface area contributed by atoms with E-state index in [1.54, 1.807) is 22.9 Å². The molecule has 0 fully saturated rings.